The lowest BCUT2D eigenvalue weighted by Gasteiger charge is -2.42. The number of morpholine rings is 1. The molecule has 18 heavy (non-hydrogen) atoms. The summed E-state index contributed by atoms with van der Waals surface area (Å²) >= 11 is 0. The Morgan fingerprint density at radius 3 is 2.33 bits per heavy atom. The number of aliphatic imine (C=N–C) groups is 1. The number of hydrogen-bond donors (Lipinski definition) is 1. The Labute approximate surface area is 104 Å². The van der Waals surface area contributed by atoms with E-state index in [0.29, 0.717) is 32.7 Å². The minimum atomic E-state index is -4.18. The molecule has 0 aromatic rings. The van der Waals surface area contributed by atoms with Crippen molar-refractivity contribution in [1.29, 1.82) is 0 Å². The van der Waals surface area contributed by atoms with Gasteiger partial charge in [-0.3, -0.25) is 4.99 Å². The molecule has 1 aliphatic carbocycles. The molecule has 0 bridgehead atoms. The van der Waals surface area contributed by atoms with E-state index in [1.807, 2.05) is 0 Å². The van der Waals surface area contributed by atoms with E-state index in [0.717, 1.165) is 0 Å². The molecule has 4 nitrogen and oxygen atoms in total. The van der Waals surface area contributed by atoms with Gasteiger partial charge in [-0.2, -0.15) is 13.2 Å². The highest BCUT2D eigenvalue weighted by molar-refractivity contribution is 5.78. The van der Waals surface area contributed by atoms with Crippen LogP contribution in [-0.4, -0.2) is 49.9 Å². The van der Waals surface area contributed by atoms with Crippen LogP contribution in [0, 0.1) is 5.41 Å². The maximum Gasteiger partial charge on any atom is 0.396 e. The SMILES string of the molecule is NC(=NCC1(C(F)(F)F)CCC1)N1CCOCC1. The topological polar surface area (TPSA) is 50.8 Å². The molecule has 7 heteroatoms. The Morgan fingerprint density at radius 2 is 1.89 bits per heavy atom. The van der Waals surface area contributed by atoms with Gasteiger partial charge in [-0.05, 0) is 12.8 Å². The van der Waals surface area contributed by atoms with Gasteiger partial charge in [-0.15, -0.1) is 0 Å². The van der Waals surface area contributed by atoms with Crippen LogP contribution in [0.4, 0.5) is 13.2 Å². The van der Waals surface area contributed by atoms with Crippen molar-refractivity contribution in [2.45, 2.75) is 25.4 Å². The monoisotopic (exact) mass is 265 g/mol. The Bertz CT molecular complexity index is 320. The minimum absolute atomic E-state index is 0.163. The average molecular weight is 265 g/mol. The van der Waals surface area contributed by atoms with Gasteiger partial charge in [-0.25, -0.2) is 0 Å². The molecule has 0 atom stereocenters. The maximum absolute atomic E-state index is 12.9. The Balaban J connectivity index is 1.96. The van der Waals surface area contributed by atoms with Crippen LogP contribution < -0.4 is 5.73 Å². The van der Waals surface area contributed by atoms with E-state index in [4.69, 9.17) is 10.5 Å². The van der Waals surface area contributed by atoms with Crippen LogP contribution in [0.1, 0.15) is 19.3 Å². The Kier molecular flexibility index (Phi) is 3.70. The average Bonchev–Trinajstić information content (AvgIpc) is 2.26. The van der Waals surface area contributed by atoms with Gasteiger partial charge in [0.2, 0.25) is 0 Å². The molecule has 2 aliphatic rings. The number of ether oxygens (including phenoxy) is 1. The molecule has 0 amide bonds. The fraction of sp³-hybridized carbons (Fsp3) is 0.909. The zero-order valence-electron chi connectivity index (χ0n) is 10.2. The van der Waals surface area contributed by atoms with E-state index in [1.54, 1.807) is 4.90 Å². The number of nitrogens with zero attached hydrogens (tertiary/aromatic N) is 2. The van der Waals surface area contributed by atoms with Crippen molar-refractivity contribution < 1.29 is 17.9 Å². The standard InChI is InChI=1S/C11H18F3N3O/c12-11(13,14)10(2-1-3-10)8-16-9(15)17-4-6-18-7-5-17/h1-8H2,(H2,15,16). The molecule has 2 fully saturated rings. The predicted octanol–water partition coefficient (Wildman–Crippen LogP) is 1.37. The second-order valence-electron chi connectivity index (χ2n) is 4.91. The molecule has 104 valence electrons. The summed E-state index contributed by atoms with van der Waals surface area (Å²) in [6, 6.07) is 0. The molecule has 1 saturated carbocycles. The molecular weight excluding hydrogens is 247 g/mol. The first-order chi connectivity index (χ1) is 8.45. The van der Waals surface area contributed by atoms with E-state index < -0.39 is 11.6 Å². The highest BCUT2D eigenvalue weighted by Gasteiger charge is 2.58. The van der Waals surface area contributed by atoms with E-state index >= 15 is 0 Å². The van der Waals surface area contributed by atoms with E-state index in [-0.39, 0.29) is 25.3 Å². The Morgan fingerprint density at radius 1 is 1.28 bits per heavy atom. The molecular formula is C11H18F3N3O. The van der Waals surface area contributed by atoms with Crippen LogP contribution in [0.5, 0.6) is 0 Å². The summed E-state index contributed by atoms with van der Waals surface area (Å²) < 4.78 is 43.9. The quantitative estimate of drug-likeness (QED) is 0.606. The first-order valence-electron chi connectivity index (χ1n) is 6.14. The smallest absolute Gasteiger partial charge is 0.378 e. The van der Waals surface area contributed by atoms with Gasteiger partial charge in [0.15, 0.2) is 5.96 Å². The number of halogens is 3. The van der Waals surface area contributed by atoms with Crippen molar-refractivity contribution in [1.82, 2.24) is 4.90 Å². The third kappa shape index (κ3) is 2.55. The molecule has 0 spiro atoms. The maximum atomic E-state index is 12.9. The fourth-order valence-corrected chi connectivity index (χ4v) is 2.26. The molecule has 0 aromatic carbocycles. The third-order valence-corrected chi connectivity index (χ3v) is 3.79. The van der Waals surface area contributed by atoms with Gasteiger partial charge < -0.3 is 15.4 Å². The van der Waals surface area contributed by atoms with Gasteiger partial charge in [0.25, 0.3) is 0 Å². The van der Waals surface area contributed by atoms with Crippen LogP contribution in [0.3, 0.4) is 0 Å². The van der Waals surface area contributed by atoms with Crippen molar-refractivity contribution >= 4 is 5.96 Å². The number of rotatable bonds is 2. The largest absolute Gasteiger partial charge is 0.396 e. The molecule has 1 saturated heterocycles. The van der Waals surface area contributed by atoms with Crippen LogP contribution in [0.25, 0.3) is 0 Å². The Hall–Kier alpha value is -0.980. The van der Waals surface area contributed by atoms with Crippen molar-refractivity contribution in [2.24, 2.45) is 16.1 Å². The van der Waals surface area contributed by atoms with E-state index in [9.17, 15) is 13.2 Å². The normalized spacial score (nSPS) is 24.8. The summed E-state index contributed by atoms with van der Waals surface area (Å²) in [6.45, 7) is 2.02. The third-order valence-electron chi connectivity index (χ3n) is 3.79. The van der Waals surface area contributed by atoms with Crippen LogP contribution >= 0.6 is 0 Å². The number of alkyl halides is 3. The van der Waals surface area contributed by atoms with Gasteiger partial charge in [-0.1, -0.05) is 6.42 Å². The van der Waals surface area contributed by atoms with Crippen molar-refractivity contribution in [3.8, 4) is 0 Å². The molecule has 2 N–H and O–H groups in total. The van der Waals surface area contributed by atoms with Crippen molar-refractivity contribution in [2.75, 3.05) is 32.8 Å². The molecule has 1 aliphatic heterocycles. The lowest BCUT2D eigenvalue weighted by atomic mass is 9.68. The van der Waals surface area contributed by atoms with E-state index in [2.05, 4.69) is 4.99 Å². The summed E-state index contributed by atoms with van der Waals surface area (Å²) in [5.41, 5.74) is 4.10. The fourth-order valence-electron chi connectivity index (χ4n) is 2.26. The van der Waals surface area contributed by atoms with Crippen molar-refractivity contribution in [3.63, 3.8) is 0 Å². The molecule has 0 aromatic heterocycles. The van der Waals surface area contributed by atoms with Gasteiger partial charge in [0.1, 0.15) is 0 Å². The summed E-state index contributed by atoms with van der Waals surface area (Å²) in [7, 11) is 0. The first-order valence-corrected chi connectivity index (χ1v) is 6.14. The van der Waals surface area contributed by atoms with Crippen LogP contribution in [-0.2, 0) is 4.74 Å². The second-order valence-corrected chi connectivity index (χ2v) is 4.91. The van der Waals surface area contributed by atoms with Gasteiger partial charge >= 0.3 is 6.18 Å². The van der Waals surface area contributed by atoms with Gasteiger partial charge in [0, 0.05) is 13.1 Å². The van der Waals surface area contributed by atoms with E-state index in [1.165, 1.54) is 0 Å². The minimum Gasteiger partial charge on any atom is -0.378 e. The summed E-state index contributed by atoms with van der Waals surface area (Å²) in [5, 5.41) is 0. The molecule has 2 rings (SSSR count). The second kappa shape index (κ2) is 4.95. The zero-order chi connectivity index (χ0) is 13.2. The number of guanidine groups is 1. The zero-order valence-corrected chi connectivity index (χ0v) is 10.2. The predicted molar refractivity (Wildman–Crippen MR) is 61.2 cm³/mol. The highest BCUT2D eigenvalue weighted by atomic mass is 19.4. The number of hydrogen-bond acceptors (Lipinski definition) is 2. The summed E-state index contributed by atoms with van der Waals surface area (Å²) in [6.07, 6.45) is -3.24. The van der Waals surface area contributed by atoms with Gasteiger partial charge in [0.05, 0.1) is 25.2 Å². The summed E-state index contributed by atoms with van der Waals surface area (Å²) in [5.74, 6) is 0.203. The first kappa shape index (κ1) is 13.5. The molecule has 0 radical (unpaired) electrons. The summed E-state index contributed by atoms with van der Waals surface area (Å²) in [4.78, 5) is 5.72. The molecule has 1 heterocycles. The van der Waals surface area contributed by atoms with Crippen LogP contribution in [0.2, 0.25) is 0 Å². The van der Waals surface area contributed by atoms with Crippen molar-refractivity contribution in [3.05, 3.63) is 0 Å². The lowest BCUT2D eigenvalue weighted by Crippen LogP contribution is -2.48. The van der Waals surface area contributed by atoms with Crippen LogP contribution in [0.15, 0.2) is 4.99 Å². The molecule has 0 unspecified atom stereocenters. The highest BCUT2D eigenvalue weighted by Crippen LogP contribution is 2.53. The number of nitrogens with two attached hydrogens (primary N) is 1. The lowest BCUT2D eigenvalue weighted by molar-refractivity contribution is -0.246.